The van der Waals surface area contributed by atoms with Crippen molar-refractivity contribution in [3.63, 3.8) is 0 Å². The molecule has 1 aromatic heterocycles. The quantitative estimate of drug-likeness (QED) is 0.469. The predicted molar refractivity (Wildman–Crippen MR) is 67.3 cm³/mol. The summed E-state index contributed by atoms with van der Waals surface area (Å²) in [5, 5.41) is 11.5. The zero-order valence-electron chi connectivity index (χ0n) is 9.75. The van der Waals surface area contributed by atoms with Gasteiger partial charge in [-0.05, 0) is 25.0 Å². The van der Waals surface area contributed by atoms with Crippen molar-refractivity contribution in [2.45, 2.75) is 13.8 Å². The monoisotopic (exact) mass is 230 g/mol. The van der Waals surface area contributed by atoms with E-state index < -0.39 is 0 Å². The molecule has 0 atom stereocenters. The van der Waals surface area contributed by atoms with Gasteiger partial charge in [-0.1, -0.05) is 18.2 Å². The molecule has 6 heteroatoms. The van der Waals surface area contributed by atoms with E-state index in [4.69, 9.17) is 5.84 Å². The molecule has 0 aliphatic rings. The fraction of sp³-hybridized carbons (Fsp3) is 0.182. The Morgan fingerprint density at radius 3 is 2.65 bits per heavy atom. The third-order valence-electron chi connectivity index (χ3n) is 2.47. The number of nitrogens with two attached hydrogens (primary N) is 1. The lowest BCUT2D eigenvalue weighted by Crippen LogP contribution is -2.10. The van der Waals surface area contributed by atoms with Gasteiger partial charge >= 0.3 is 0 Å². The molecule has 0 aliphatic carbocycles. The second kappa shape index (κ2) is 4.65. The molecule has 0 fully saturated rings. The minimum Gasteiger partial charge on any atom is -0.335 e. The number of nitrogens with zero attached hydrogens (tertiary/aromatic N) is 4. The van der Waals surface area contributed by atoms with Gasteiger partial charge in [-0.2, -0.15) is 5.10 Å². The first kappa shape index (κ1) is 11.1. The summed E-state index contributed by atoms with van der Waals surface area (Å²) in [6, 6.07) is 6.10. The summed E-state index contributed by atoms with van der Waals surface area (Å²) in [6.45, 7) is 4.08. The van der Waals surface area contributed by atoms with Crippen LogP contribution in [0.5, 0.6) is 0 Å². The van der Waals surface area contributed by atoms with E-state index in [1.807, 2.05) is 32.0 Å². The number of nitrogens with one attached hydrogen (secondary N) is 1. The zero-order valence-corrected chi connectivity index (χ0v) is 9.75. The fourth-order valence-corrected chi connectivity index (χ4v) is 1.51. The topological polar surface area (TPSA) is 81.1 Å². The van der Waals surface area contributed by atoms with Crippen LogP contribution in [0.1, 0.15) is 16.7 Å². The maximum atomic E-state index is 5.54. The Hall–Kier alpha value is -2.37. The average molecular weight is 230 g/mol. The maximum Gasteiger partial charge on any atom is 0.263 e. The minimum absolute atomic E-state index is 0.396. The number of nitrogen functional groups attached to an aromatic ring is 1. The highest BCUT2D eigenvalue weighted by Gasteiger charge is 1.99. The van der Waals surface area contributed by atoms with E-state index in [9.17, 15) is 0 Å². The van der Waals surface area contributed by atoms with E-state index in [-0.39, 0.29) is 0 Å². The van der Waals surface area contributed by atoms with Crippen LogP contribution in [0.15, 0.2) is 29.6 Å². The molecular weight excluding hydrogens is 216 g/mol. The summed E-state index contributed by atoms with van der Waals surface area (Å²) >= 11 is 0. The van der Waals surface area contributed by atoms with Crippen molar-refractivity contribution in [2.24, 2.45) is 5.10 Å². The highest BCUT2D eigenvalue weighted by Crippen LogP contribution is 2.10. The van der Waals surface area contributed by atoms with E-state index in [0.29, 0.717) is 5.95 Å². The van der Waals surface area contributed by atoms with Gasteiger partial charge in [0, 0.05) is 5.56 Å². The number of hydrazone groups is 1. The van der Waals surface area contributed by atoms with Crippen molar-refractivity contribution >= 4 is 12.2 Å². The third-order valence-corrected chi connectivity index (χ3v) is 2.47. The second-order valence-corrected chi connectivity index (χ2v) is 3.74. The van der Waals surface area contributed by atoms with E-state index >= 15 is 0 Å². The molecule has 1 heterocycles. The number of benzene rings is 1. The van der Waals surface area contributed by atoms with Crippen molar-refractivity contribution in [3.05, 3.63) is 41.2 Å². The molecule has 0 saturated carbocycles. The summed E-state index contributed by atoms with van der Waals surface area (Å²) in [5.74, 6) is 5.93. The molecule has 0 radical (unpaired) electrons. The lowest BCUT2D eigenvalue weighted by molar-refractivity contribution is 0.988. The first-order valence-electron chi connectivity index (χ1n) is 5.19. The van der Waals surface area contributed by atoms with Gasteiger partial charge in [-0.25, -0.2) is 10.1 Å². The van der Waals surface area contributed by atoms with Gasteiger partial charge in [0.1, 0.15) is 6.33 Å². The molecule has 1 aromatic carbocycles. The molecule has 3 N–H and O–H groups in total. The molecule has 88 valence electrons. The predicted octanol–water partition coefficient (Wildman–Crippen LogP) is 1.05. The highest BCUT2D eigenvalue weighted by atomic mass is 15.5. The highest BCUT2D eigenvalue weighted by molar-refractivity contribution is 5.84. The standard InChI is InChI=1S/C11H14N6/c1-8-4-3-5-9(2)10(8)6-13-15-11-16-14-7-17(11)12/h3-7H,12H2,1-2H3,(H,15,16)/b13-6+. The van der Waals surface area contributed by atoms with Gasteiger partial charge in [0.2, 0.25) is 0 Å². The first-order valence-corrected chi connectivity index (χ1v) is 5.19. The molecule has 0 amide bonds. The van der Waals surface area contributed by atoms with Gasteiger partial charge in [0.25, 0.3) is 5.95 Å². The minimum atomic E-state index is 0.396. The lowest BCUT2D eigenvalue weighted by atomic mass is 10.0. The van der Waals surface area contributed by atoms with Gasteiger partial charge < -0.3 is 5.84 Å². The van der Waals surface area contributed by atoms with Gasteiger partial charge in [0.05, 0.1) is 6.21 Å². The first-order chi connectivity index (χ1) is 8.18. The number of hydrogen-bond acceptors (Lipinski definition) is 5. The van der Waals surface area contributed by atoms with Crippen molar-refractivity contribution in [2.75, 3.05) is 11.3 Å². The lowest BCUT2D eigenvalue weighted by Gasteiger charge is -2.03. The SMILES string of the molecule is Cc1cccc(C)c1/C=N/Nc1nncn1N. The Kier molecular flexibility index (Phi) is 3.04. The van der Waals surface area contributed by atoms with E-state index in [1.54, 1.807) is 6.21 Å². The van der Waals surface area contributed by atoms with Crippen molar-refractivity contribution in [1.82, 2.24) is 14.9 Å². The smallest absolute Gasteiger partial charge is 0.263 e. The van der Waals surface area contributed by atoms with Crippen LogP contribution >= 0.6 is 0 Å². The van der Waals surface area contributed by atoms with E-state index in [1.165, 1.54) is 22.1 Å². The molecule has 0 saturated heterocycles. The van der Waals surface area contributed by atoms with Crippen LogP contribution in [-0.2, 0) is 0 Å². The number of hydrogen-bond donors (Lipinski definition) is 2. The fourth-order valence-electron chi connectivity index (χ4n) is 1.51. The average Bonchev–Trinajstić information content (AvgIpc) is 2.69. The van der Waals surface area contributed by atoms with Crippen molar-refractivity contribution < 1.29 is 0 Å². The molecule has 6 nitrogen and oxygen atoms in total. The van der Waals surface area contributed by atoms with Crippen LogP contribution < -0.4 is 11.3 Å². The molecule has 0 spiro atoms. The number of anilines is 1. The summed E-state index contributed by atoms with van der Waals surface area (Å²) in [7, 11) is 0. The summed E-state index contributed by atoms with van der Waals surface area (Å²) in [4.78, 5) is 0. The van der Waals surface area contributed by atoms with Crippen LogP contribution in [0.2, 0.25) is 0 Å². The summed E-state index contributed by atoms with van der Waals surface area (Å²) in [6.07, 6.45) is 3.15. The van der Waals surface area contributed by atoms with Gasteiger partial charge in [-0.3, -0.25) is 0 Å². The van der Waals surface area contributed by atoms with Crippen molar-refractivity contribution in [1.29, 1.82) is 0 Å². The number of aromatic nitrogens is 3. The van der Waals surface area contributed by atoms with Gasteiger partial charge in [0.15, 0.2) is 0 Å². The van der Waals surface area contributed by atoms with E-state index in [2.05, 4.69) is 20.7 Å². The summed E-state index contributed by atoms with van der Waals surface area (Å²) in [5.41, 5.74) is 6.16. The Morgan fingerprint density at radius 2 is 2.06 bits per heavy atom. The molecule has 0 bridgehead atoms. The molecule has 17 heavy (non-hydrogen) atoms. The molecular formula is C11H14N6. The molecule has 0 unspecified atom stereocenters. The van der Waals surface area contributed by atoms with Crippen molar-refractivity contribution in [3.8, 4) is 0 Å². The normalized spacial score (nSPS) is 10.9. The van der Waals surface area contributed by atoms with Gasteiger partial charge in [-0.15, -0.1) is 10.2 Å². The Bertz CT molecular complexity index is 522. The second-order valence-electron chi connectivity index (χ2n) is 3.74. The van der Waals surface area contributed by atoms with Crippen LogP contribution in [0.4, 0.5) is 5.95 Å². The number of rotatable bonds is 3. The number of aryl methyl sites for hydroxylation is 2. The largest absolute Gasteiger partial charge is 0.335 e. The van der Waals surface area contributed by atoms with Crippen LogP contribution in [-0.4, -0.2) is 21.1 Å². The van der Waals surface area contributed by atoms with Crippen LogP contribution in [0, 0.1) is 13.8 Å². The third kappa shape index (κ3) is 2.41. The van der Waals surface area contributed by atoms with Crippen LogP contribution in [0.3, 0.4) is 0 Å². The zero-order chi connectivity index (χ0) is 12.3. The Balaban J connectivity index is 2.14. The maximum absolute atomic E-state index is 5.54. The molecule has 2 aromatic rings. The van der Waals surface area contributed by atoms with E-state index in [0.717, 1.165) is 5.56 Å². The molecule has 2 rings (SSSR count). The Labute approximate surface area is 99.1 Å². The Morgan fingerprint density at radius 1 is 1.35 bits per heavy atom. The molecule has 0 aliphatic heterocycles. The summed E-state index contributed by atoms with van der Waals surface area (Å²) < 4.78 is 1.27. The van der Waals surface area contributed by atoms with Crippen LogP contribution in [0.25, 0.3) is 0 Å².